The molecule has 4 aromatic rings. The summed E-state index contributed by atoms with van der Waals surface area (Å²) in [6, 6.07) is 20.7. The van der Waals surface area contributed by atoms with Crippen molar-refractivity contribution in [1.29, 1.82) is 0 Å². The molecule has 3 aromatic carbocycles. The number of methoxy groups -OCH3 is 1. The second-order valence-electron chi connectivity index (χ2n) is 8.54. The molecule has 0 bridgehead atoms. The van der Waals surface area contributed by atoms with Gasteiger partial charge in [0, 0.05) is 23.0 Å². The van der Waals surface area contributed by atoms with Crippen molar-refractivity contribution in [2.45, 2.75) is 32.6 Å². The number of nitrogens with one attached hydrogen (secondary N) is 1. The summed E-state index contributed by atoms with van der Waals surface area (Å²) in [6.07, 6.45) is 5.11. The Hall–Kier alpha value is -4.19. The van der Waals surface area contributed by atoms with Crippen molar-refractivity contribution in [3.05, 3.63) is 102 Å². The predicted octanol–water partition coefficient (Wildman–Crippen LogP) is 6.15. The van der Waals surface area contributed by atoms with Crippen molar-refractivity contribution in [3.8, 4) is 22.8 Å². The van der Waals surface area contributed by atoms with E-state index < -0.39 is 0 Å². The van der Waals surface area contributed by atoms with Gasteiger partial charge in [-0.05, 0) is 73.7 Å². The molecule has 0 saturated carbocycles. The Balaban J connectivity index is 1.52. The van der Waals surface area contributed by atoms with Crippen LogP contribution in [0.15, 0.2) is 79.1 Å². The third-order valence-electron chi connectivity index (χ3n) is 6.00. The van der Waals surface area contributed by atoms with Gasteiger partial charge in [0.05, 0.1) is 24.7 Å². The Labute approximate surface area is 205 Å². The maximum Gasteiger partial charge on any atom is 0.255 e. The minimum Gasteiger partial charge on any atom is -0.504 e. The van der Waals surface area contributed by atoms with Gasteiger partial charge in [-0.2, -0.15) is 0 Å². The molecule has 1 heterocycles. The number of aryl methyl sites for hydroxylation is 1. The number of hydrogen-bond donors (Lipinski definition) is 2. The topological polar surface area (TPSA) is 84.3 Å². The van der Waals surface area contributed by atoms with Crippen molar-refractivity contribution in [2.24, 2.45) is 0 Å². The lowest BCUT2D eigenvalue weighted by Crippen LogP contribution is -2.12. The summed E-state index contributed by atoms with van der Waals surface area (Å²) in [6.45, 7) is 4.12. The lowest BCUT2D eigenvalue weighted by Gasteiger charge is -2.17. The monoisotopic (exact) mass is 467 g/mol. The molecular formula is C29H29N3O3. The normalized spacial score (nSPS) is 11.6. The van der Waals surface area contributed by atoms with E-state index in [2.05, 4.69) is 23.3 Å². The number of benzene rings is 3. The molecule has 0 aliphatic heterocycles. The van der Waals surface area contributed by atoms with E-state index in [0.717, 1.165) is 40.2 Å². The van der Waals surface area contributed by atoms with Crippen molar-refractivity contribution >= 4 is 11.6 Å². The minimum atomic E-state index is -0.123. The lowest BCUT2D eigenvalue weighted by molar-refractivity contribution is 0.102. The van der Waals surface area contributed by atoms with Crippen LogP contribution < -0.4 is 10.1 Å². The van der Waals surface area contributed by atoms with Gasteiger partial charge in [0.25, 0.3) is 5.91 Å². The number of carbonyl (C=O) groups excluding carboxylic acids is 1. The highest BCUT2D eigenvalue weighted by Crippen LogP contribution is 2.31. The Kier molecular flexibility index (Phi) is 7.41. The van der Waals surface area contributed by atoms with Gasteiger partial charge in [-0.3, -0.25) is 9.78 Å². The van der Waals surface area contributed by atoms with Gasteiger partial charge in [-0.15, -0.1) is 0 Å². The molecule has 0 unspecified atom stereocenters. The highest BCUT2D eigenvalue weighted by Gasteiger charge is 2.15. The molecule has 6 nitrogen and oxygen atoms in total. The summed E-state index contributed by atoms with van der Waals surface area (Å²) < 4.78 is 5.22. The largest absolute Gasteiger partial charge is 0.504 e. The standard InChI is InChI=1S/C29H29N3O3/c1-4-20(14-25-17-30-18-26(31-25)22-11-12-27(33)28(16-22)35-3)21-8-6-10-24(15-21)32-29(34)23-9-5-7-19(2)13-23/h5-13,15-18,20,33H,4,14H2,1-3H3,(H,32,34)/t20-/m1/s1. The van der Waals surface area contributed by atoms with Crippen molar-refractivity contribution < 1.29 is 14.6 Å². The molecule has 6 heteroatoms. The number of ether oxygens (including phenoxy) is 1. The molecule has 0 aliphatic carbocycles. The van der Waals surface area contributed by atoms with E-state index in [0.29, 0.717) is 17.7 Å². The first-order valence-corrected chi connectivity index (χ1v) is 11.6. The first-order valence-electron chi connectivity index (χ1n) is 11.6. The average Bonchev–Trinajstić information content (AvgIpc) is 2.88. The van der Waals surface area contributed by atoms with Crippen LogP contribution in [0.4, 0.5) is 5.69 Å². The maximum atomic E-state index is 12.7. The van der Waals surface area contributed by atoms with Crippen LogP contribution in [-0.4, -0.2) is 28.1 Å². The van der Waals surface area contributed by atoms with E-state index in [-0.39, 0.29) is 17.6 Å². The molecule has 0 spiro atoms. The van der Waals surface area contributed by atoms with E-state index in [1.807, 2.05) is 49.4 Å². The zero-order chi connectivity index (χ0) is 24.8. The molecule has 0 aliphatic rings. The third kappa shape index (κ3) is 5.84. The maximum absolute atomic E-state index is 12.7. The molecule has 35 heavy (non-hydrogen) atoms. The summed E-state index contributed by atoms with van der Waals surface area (Å²) >= 11 is 0. The Morgan fingerprint density at radius 3 is 2.66 bits per heavy atom. The van der Waals surface area contributed by atoms with Gasteiger partial charge in [0.1, 0.15) is 0 Å². The highest BCUT2D eigenvalue weighted by atomic mass is 16.5. The molecule has 0 fully saturated rings. The minimum absolute atomic E-state index is 0.0841. The van der Waals surface area contributed by atoms with Gasteiger partial charge in [-0.1, -0.05) is 36.8 Å². The highest BCUT2D eigenvalue weighted by molar-refractivity contribution is 6.04. The van der Waals surface area contributed by atoms with Crippen molar-refractivity contribution in [1.82, 2.24) is 9.97 Å². The molecule has 4 rings (SSSR count). The van der Waals surface area contributed by atoms with Gasteiger partial charge in [0.15, 0.2) is 11.5 Å². The van der Waals surface area contributed by atoms with Crippen LogP contribution in [0.1, 0.15) is 46.4 Å². The quantitative estimate of drug-likeness (QED) is 0.324. The lowest BCUT2D eigenvalue weighted by atomic mass is 9.91. The Morgan fingerprint density at radius 2 is 1.89 bits per heavy atom. The van der Waals surface area contributed by atoms with E-state index in [1.165, 1.54) is 7.11 Å². The van der Waals surface area contributed by atoms with Crippen LogP contribution in [0, 0.1) is 6.92 Å². The number of phenols is 1. The Morgan fingerprint density at radius 1 is 1.06 bits per heavy atom. The van der Waals surface area contributed by atoms with Crippen LogP contribution in [0.2, 0.25) is 0 Å². The summed E-state index contributed by atoms with van der Waals surface area (Å²) in [5.74, 6) is 0.568. The fourth-order valence-corrected chi connectivity index (χ4v) is 4.09. The van der Waals surface area contributed by atoms with Gasteiger partial charge < -0.3 is 15.2 Å². The average molecular weight is 468 g/mol. The van der Waals surface area contributed by atoms with E-state index >= 15 is 0 Å². The van der Waals surface area contributed by atoms with E-state index in [4.69, 9.17) is 9.72 Å². The number of hydrogen-bond acceptors (Lipinski definition) is 5. The number of aromatic nitrogens is 2. The smallest absolute Gasteiger partial charge is 0.255 e. The van der Waals surface area contributed by atoms with E-state index in [9.17, 15) is 9.90 Å². The molecular weight excluding hydrogens is 438 g/mol. The SMILES string of the molecule is CC[C@H](Cc1cncc(-c2ccc(O)c(OC)c2)n1)c1cccc(NC(=O)c2cccc(C)c2)c1. The fourth-order valence-electron chi connectivity index (χ4n) is 4.09. The van der Waals surface area contributed by atoms with Crippen LogP contribution >= 0.6 is 0 Å². The number of rotatable bonds is 8. The predicted molar refractivity (Wildman–Crippen MR) is 138 cm³/mol. The second-order valence-corrected chi connectivity index (χ2v) is 8.54. The Bertz CT molecular complexity index is 1340. The van der Waals surface area contributed by atoms with Crippen LogP contribution in [0.5, 0.6) is 11.5 Å². The zero-order valence-electron chi connectivity index (χ0n) is 20.2. The van der Waals surface area contributed by atoms with E-state index in [1.54, 1.807) is 30.6 Å². The van der Waals surface area contributed by atoms with Crippen molar-refractivity contribution in [3.63, 3.8) is 0 Å². The second kappa shape index (κ2) is 10.8. The van der Waals surface area contributed by atoms with Gasteiger partial charge in [0.2, 0.25) is 0 Å². The van der Waals surface area contributed by atoms with Crippen LogP contribution in [0.3, 0.4) is 0 Å². The first kappa shape index (κ1) is 24.0. The number of amides is 1. The molecule has 0 saturated heterocycles. The summed E-state index contributed by atoms with van der Waals surface area (Å²) in [5, 5.41) is 12.9. The summed E-state index contributed by atoms with van der Waals surface area (Å²) in [7, 11) is 1.52. The first-order chi connectivity index (χ1) is 17.0. The fraction of sp³-hybridized carbons (Fsp3) is 0.207. The van der Waals surface area contributed by atoms with Crippen molar-refractivity contribution in [2.75, 3.05) is 12.4 Å². The molecule has 1 atom stereocenters. The van der Waals surface area contributed by atoms with Gasteiger partial charge >= 0.3 is 0 Å². The summed E-state index contributed by atoms with van der Waals surface area (Å²) in [4.78, 5) is 21.9. The third-order valence-corrected chi connectivity index (χ3v) is 6.00. The number of carbonyl (C=O) groups is 1. The zero-order valence-corrected chi connectivity index (χ0v) is 20.2. The number of anilines is 1. The number of nitrogens with zero attached hydrogens (tertiary/aromatic N) is 2. The molecule has 2 N–H and O–H groups in total. The van der Waals surface area contributed by atoms with Gasteiger partial charge in [-0.25, -0.2) is 4.98 Å². The number of phenolic OH excluding ortho intramolecular Hbond substituents is 1. The van der Waals surface area contributed by atoms with Crippen LogP contribution in [-0.2, 0) is 6.42 Å². The van der Waals surface area contributed by atoms with Crippen LogP contribution in [0.25, 0.3) is 11.3 Å². The molecule has 178 valence electrons. The summed E-state index contributed by atoms with van der Waals surface area (Å²) in [5.41, 5.74) is 6.00. The molecule has 1 amide bonds. The molecule has 0 radical (unpaired) electrons. The molecule has 1 aromatic heterocycles. The number of aromatic hydroxyl groups is 1.